The molecular weight excluding hydrogens is 516 g/mol. The first-order valence-electron chi connectivity index (χ1n) is 10.7. The van der Waals surface area contributed by atoms with Gasteiger partial charge in [0.1, 0.15) is 0 Å². The van der Waals surface area contributed by atoms with Crippen LogP contribution in [0, 0.1) is 17.0 Å². The first-order valence-corrected chi connectivity index (χ1v) is 12.7. The number of carbonyl (C=O) groups is 1. The number of aliphatic imine (C=N–C) groups is 1. The molecule has 0 spiro atoms. The summed E-state index contributed by atoms with van der Waals surface area (Å²) in [5, 5.41) is 16.6. The number of pyridine rings is 1. The van der Waals surface area contributed by atoms with Crippen molar-refractivity contribution in [3.63, 3.8) is 0 Å². The van der Waals surface area contributed by atoms with Crippen LogP contribution in [0.1, 0.15) is 11.1 Å². The van der Waals surface area contributed by atoms with E-state index in [1.165, 1.54) is 29.6 Å². The van der Waals surface area contributed by atoms with E-state index in [0.717, 1.165) is 21.4 Å². The predicted octanol–water partition coefficient (Wildman–Crippen LogP) is 7.15. The number of thioether (sulfide) groups is 1. The molecule has 0 radical (unpaired) electrons. The van der Waals surface area contributed by atoms with Crippen molar-refractivity contribution in [2.24, 2.45) is 4.99 Å². The molecule has 2 heterocycles. The minimum atomic E-state index is -0.418. The second-order valence-electron chi connectivity index (χ2n) is 7.83. The van der Waals surface area contributed by atoms with Crippen molar-refractivity contribution in [3.05, 3.63) is 104 Å². The third-order valence-electron chi connectivity index (χ3n) is 5.33. The van der Waals surface area contributed by atoms with E-state index in [1.807, 2.05) is 49.4 Å². The quantitative estimate of drug-likeness (QED) is 0.166. The van der Waals surface area contributed by atoms with Crippen LogP contribution in [0.2, 0.25) is 5.02 Å². The van der Waals surface area contributed by atoms with Crippen LogP contribution in [0.4, 0.5) is 11.4 Å². The lowest BCUT2D eigenvalue weighted by atomic mass is 10.2. The summed E-state index contributed by atoms with van der Waals surface area (Å²) in [6.45, 7) is 1.90. The fourth-order valence-electron chi connectivity index (χ4n) is 3.53. The van der Waals surface area contributed by atoms with Crippen LogP contribution in [0.25, 0.3) is 17.0 Å². The Morgan fingerprint density at radius 3 is 2.75 bits per heavy atom. The number of halogens is 1. The van der Waals surface area contributed by atoms with Crippen molar-refractivity contribution in [1.82, 2.24) is 10.3 Å². The Labute approximate surface area is 219 Å². The number of amides is 1. The van der Waals surface area contributed by atoms with E-state index in [1.54, 1.807) is 30.5 Å². The molecule has 1 N–H and O–H groups in total. The highest BCUT2D eigenvalue weighted by atomic mass is 35.5. The van der Waals surface area contributed by atoms with Gasteiger partial charge < -0.3 is 5.32 Å². The van der Waals surface area contributed by atoms with Crippen LogP contribution in [0.3, 0.4) is 0 Å². The minimum absolute atomic E-state index is 0.0473. The number of benzene rings is 3. The van der Waals surface area contributed by atoms with E-state index in [4.69, 9.17) is 11.6 Å². The fraction of sp³-hybridized carbons (Fsp3) is 0.0385. The maximum atomic E-state index is 12.5. The van der Waals surface area contributed by atoms with Gasteiger partial charge in [-0.2, -0.15) is 0 Å². The Morgan fingerprint density at radius 2 is 1.94 bits per heavy atom. The summed E-state index contributed by atoms with van der Waals surface area (Å²) >= 11 is 8.62. The summed E-state index contributed by atoms with van der Waals surface area (Å²) in [5.74, 6) is -0.320. The maximum absolute atomic E-state index is 12.5. The lowest BCUT2D eigenvalue weighted by Crippen LogP contribution is -2.19. The van der Waals surface area contributed by atoms with E-state index in [0.29, 0.717) is 31.2 Å². The van der Waals surface area contributed by atoms with Crippen molar-refractivity contribution in [2.75, 3.05) is 0 Å². The van der Waals surface area contributed by atoms with Gasteiger partial charge in [0.2, 0.25) is 0 Å². The SMILES string of the molecule is Cc1ccc(N=C2NC(=O)/C(=C/c3ccc(Sc4cccc5cccnc45)c([N+](=O)[O-])c3)S2)cc1Cl. The number of aryl methyl sites for hydroxylation is 1. The summed E-state index contributed by atoms with van der Waals surface area (Å²) < 4.78 is 0. The Bertz CT molecular complexity index is 1600. The molecule has 0 bridgehead atoms. The molecule has 36 heavy (non-hydrogen) atoms. The highest BCUT2D eigenvalue weighted by Gasteiger charge is 2.25. The van der Waals surface area contributed by atoms with Gasteiger partial charge >= 0.3 is 0 Å². The van der Waals surface area contributed by atoms with E-state index in [9.17, 15) is 14.9 Å². The molecule has 3 aromatic carbocycles. The molecule has 4 aromatic rings. The number of para-hydroxylation sites is 1. The highest BCUT2D eigenvalue weighted by molar-refractivity contribution is 8.18. The molecule has 5 rings (SSSR count). The van der Waals surface area contributed by atoms with Gasteiger partial charge in [0.15, 0.2) is 5.17 Å². The molecule has 1 amide bonds. The van der Waals surface area contributed by atoms with Crippen LogP contribution < -0.4 is 5.32 Å². The Kier molecular flexibility index (Phi) is 6.77. The molecule has 0 aliphatic carbocycles. The van der Waals surface area contributed by atoms with Crippen molar-refractivity contribution in [3.8, 4) is 0 Å². The van der Waals surface area contributed by atoms with Gasteiger partial charge in [-0.05, 0) is 66.2 Å². The summed E-state index contributed by atoms with van der Waals surface area (Å²) in [4.78, 5) is 34.5. The monoisotopic (exact) mass is 532 g/mol. The number of aromatic nitrogens is 1. The van der Waals surface area contributed by atoms with Crippen LogP contribution in [-0.4, -0.2) is 21.0 Å². The van der Waals surface area contributed by atoms with E-state index in [-0.39, 0.29) is 11.6 Å². The average Bonchev–Trinajstić information content (AvgIpc) is 3.20. The Morgan fingerprint density at radius 1 is 1.11 bits per heavy atom. The maximum Gasteiger partial charge on any atom is 0.283 e. The van der Waals surface area contributed by atoms with Crippen molar-refractivity contribution in [1.29, 1.82) is 0 Å². The van der Waals surface area contributed by atoms with E-state index in [2.05, 4.69) is 15.3 Å². The van der Waals surface area contributed by atoms with Crippen LogP contribution >= 0.6 is 35.1 Å². The summed E-state index contributed by atoms with van der Waals surface area (Å²) in [5.41, 5.74) is 2.83. The number of nitro groups is 1. The third-order valence-corrected chi connectivity index (χ3v) is 7.76. The largest absolute Gasteiger partial charge is 0.300 e. The smallest absolute Gasteiger partial charge is 0.283 e. The van der Waals surface area contributed by atoms with Gasteiger partial charge in [0.05, 0.1) is 25.9 Å². The number of carbonyl (C=O) groups excluding carboxylic acids is 1. The molecule has 0 atom stereocenters. The number of rotatable bonds is 5. The fourth-order valence-corrected chi connectivity index (χ4v) is 5.57. The van der Waals surface area contributed by atoms with Gasteiger partial charge in [-0.15, -0.1) is 0 Å². The molecule has 0 unspecified atom stereocenters. The second-order valence-corrected chi connectivity index (χ2v) is 10.4. The molecular formula is C26H17ClN4O3S2. The average molecular weight is 533 g/mol. The van der Waals surface area contributed by atoms with Crippen LogP contribution in [-0.2, 0) is 4.79 Å². The molecule has 0 saturated carbocycles. The number of fused-ring (bicyclic) bond motifs is 1. The number of hydrogen-bond donors (Lipinski definition) is 1. The van der Waals surface area contributed by atoms with Crippen molar-refractivity contribution < 1.29 is 9.72 Å². The van der Waals surface area contributed by atoms with Gasteiger partial charge in [0, 0.05) is 27.6 Å². The number of nitro benzene ring substituents is 1. The minimum Gasteiger partial charge on any atom is -0.300 e. The van der Waals surface area contributed by atoms with Crippen molar-refractivity contribution >= 4 is 74.6 Å². The summed E-state index contributed by atoms with van der Waals surface area (Å²) in [7, 11) is 0. The molecule has 10 heteroatoms. The van der Waals surface area contributed by atoms with Gasteiger partial charge in [-0.3, -0.25) is 19.9 Å². The Balaban J connectivity index is 1.42. The van der Waals surface area contributed by atoms with Crippen molar-refractivity contribution in [2.45, 2.75) is 16.7 Å². The topological polar surface area (TPSA) is 97.5 Å². The molecule has 1 fully saturated rings. The molecule has 1 aliphatic rings. The first-order chi connectivity index (χ1) is 17.4. The molecule has 1 saturated heterocycles. The van der Waals surface area contributed by atoms with Crippen LogP contribution in [0.15, 0.2) is 92.6 Å². The Hall–Kier alpha value is -3.66. The highest BCUT2D eigenvalue weighted by Crippen LogP contribution is 2.39. The third kappa shape index (κ3) is 5.13. The van der Waals surface area contributed by atoms with Gasteiger partial charge in [-0.25, -0.2) is 4.99 Å². The molecule has 178 valence electrons. The second kappa shape index (κ2) is 10.1. The van der Waals surface area contributed by atoms with Crippen LogP contribution in [0.5, 0.6) is 0 Å². The molecule has 1 aromatic heterocycles. The number of nitrogens with zero attached hydrogens (tertiary/aromatic N) is 3. The van der Waals surface area contributed by atoms with Gasteiger partial charge in [0.25, 0.3) is 11.6 Å². The summed E-state index contributed by atoms with van der Waals surface area (Å²) in [6.07, 6.45) is 3.32. The zero-order valence-corrected chi connectivity index (χ0v) is 21.2. The van der Waals surface area contributed by atoms with Gasteiger partial charge in [-0.1, -0.05) is 53.7 Å². The van der Waals surface area contributed by atoms with E-state index >= 15 is 0 Å². The molecule has 7 nitrogen and oxygen atoms in total. The van der Waals surface area contributed by atoms with E-state index < -0.39 is 4.92 Å². The first kappa shape index (κ1) is 24.1. The summed E-state index contributed by atoms with van der Waals surface area (Å²) in [6, 6.07) is 19.8. The lowest BCUT2D eigenvalue weighted by Gasteiger charge is -2.07. The number of amidine groups is 1. The number of hydrogen-bond acceptors (Lipinski definition) is 7. The lowest BCUT2D eigenvalue weighted by molar-refractivity contribution is -0.387. The molecule has 1 aliphatic heterocycles. The normalized spacial score (nSPS) is 15.6. The predicted molar refractivity (Wildman–Crippen MR) is 146 cm³/mol. The zero-order chi connectivity index (χ0) is 25.2. The number of nitrogens with one attached hydrogen (secondary N) is 1. The zero-order valence-electron chi connectivity index (χ0n) is 18.8. The standard InChI is InChI=1S/C26H17ClN4O3S2/c1-15-7-9-18(14-19(15)27)29-26-30-25(32)23(36-26)13-16-8-10-21(20(12-16)31(33)34)35-22-6-2-4-17-5-3-11-28-24(17)22/h2-14H,1H3,(H,29,30,32)/b23-13-.